The Morgan fingerprint density at radius 3 is 2.31 bits per heavy atom. The van der Waals surface area contributed by atoms with Crippen LogP contribution in [0.4, 0.5) is 0 Å². The van der Waals surface area contributed by atoms with E-state index in [0.29, 0.717) is 16.4 Å². The van der Waals surface area contributed by atoms with Crippen LogP contribution >= 0.6 is 0 Å². The molecule has 1 aromatic carbocycles. The zero-order valence-corrected chi connectivity index (χ0v) is 19.3. The predicted octanol–water partition coefficient (Wildman–Crippen LogP) is 4.99. The fraction of sp³-hybridized carbons (Fsp3) is 0.478. The van der Waals surface area contributed by atoms with Crippen LogP contribution in [0, 0.1) is 0 Å². The summed E-state index contributed by atoms with van der Waals surface area (Å²) in [5.74, 6) is 0.538. The van der Waals surface area contributed by atoms with Crippen LogP contribution in [0.15, 0.2) is 66.3 Å². The quantitative estimate of drug-likeness (QED) is 0.470. The van der Waals surface area contributed by atoms with Crippen LogP contribution in [0.25, 0.3) is 0 Å². The first kappa shape index (κ1) is 27.3. The van der Waals surface area contributed by atoms with Gasteiger partial charge in [-0.05, 0) is 50.3 Å². The van der Waals surface area contributed by atoms with Gasteiger partial charge in [0.15, 0.2) is 5.79 Å². The molecule has 0 amide bonds. The first-order chi connectivity index (χ1) is 13.8. The van der Waals surface area contributed by atoms with Gasteiger partial charge in [0.1, 0.15) is 17.6 Å². The zero-order valence-electron chi connectivity index (χ0n) is 18.5. The van der Waals surface area contributed by atoms with Crippen LogP contribution < -0.4 is 4.74 Å². The van der Waals surface area contributed by atoms with Crippen molar-refractivity contribution in [1.82, 2.24) is 0 Å². The SMILES string of the molecule is C=C/C=C(\C=C)Oc1ccc(S(=O)CC(O)C2COC(C)(C)O2)cc1.CC.CC. The van der Waals surface area contributed by atoms with Crippen LogP contribution in [-0.4, -0.2) is 39.7 Å². The lowest BCUT2D eigenvalue weighted by Gasteiger charge is -2.20. The van der Waals surface area contributed by atoms with Gasteiger partial charge in [0.25, 0.3) is 0 Å². The normalized spacial score (nSPS) is 19.6. The van der Waals surface area contributed by atoms with Gasteiger partial charge in [-0.1, -0.05) is 46.9 Å². The third kappa shape index (κ3) is 9.54. The van der Waals surface area contributed by atoms with E-state index in [-0.39, 0.29) is 12.4 Å². The van der Waals surface area contributed by atoms with Gasteiger partial charge >= 0.3 is 0 Å². The van der Waals surface area contributed by atoms with Gasteiger partial charge in [-0.3, -0.25) is 4.21 Å². The standard InChI is InChI=1S/C19H24O5S.2C2H6/c1-5-7-14(6-2)23-15-8-10-16(11-9-15)25(21)13-17(20)18-12-22-19(3,4)24-18;2*1-2/h5-11,17-18,20H,1-2,12-13H2,3-4H3;2*1-2H3/b14-7+;;. The molecular formula is C23H36O5S. The molecule has 1 aliphatic heterocycles. The number of hydrogen-bond acceptors (Lipinski definition) is 5. The predicted molar refractivity (Wildman–Crippen MR) is 120 cm³/mol. The maximum atomic E-state index is 12.4. The molecule has 1 aliphatic rings. The number of aliphatic hydroxyl groups excluding tert-OH is 1. The molecular weight excluding hydrogens is 388 g/mol. The van der Waals surface area contributed by atoms with Crippen LogP contribution in [0.5, 0.6) is 5.75 Å². The topological polar surface area (TPSA) is 65.0 Å². The first-order valence-corrected chi connectivity index (χ1v) is 11.3. The maximum Gasteiger partial charge on any atom is 0.163 e. The second-order valence-electron chi connectivity index (χ2n) is 6.03. The van der Waals surface area contributed by atoms with Crippen molar-refractivity contribution < 1.29 is 23.5 Å². The highest BCUT2D eigenvalue weighted by Crippen LogP contribution is 2.25. The Balaban J connectivity index is 0.00000184. The molecule has 3 unspecified atom stereocenters. The molecule has 0 spiro atoms. The molecule has 1 heterocycles. The molecule has 1 N–H and O–H groups in total. The summed E-state index contributed by atoms with van der Waals surface area (Å²) in [4.78, 5) is 0.609. The monoisotopic (exact) mass is 424 g/mol. The molecule has 1 fully saturated rings. The Hall–Kier alpha value is -1.73. The first-order valence-electron chi connectivity index (χ1n) is 9.96. The van der Waals surface area contributed by atoms with E-state index in [0.717, 1.165) is 0 Å². The second-order valence-corrected chi connectivity index (χ2v) is 7.52. The van der Waals surface area contributed by atoms with E-state index in [2.05, 4.69) is 13.2 Å². The number of benzene rings is 1. The van der Waals surface area contributed by atoms with Gasteiger partial charge in [0, 0.05) is 4.90 Å². The van der Waals surface area contributed by atoms with E-state index >= 15 is 0 Å². The van der Waals surface area contributed by atoms with Gasteiger partial charge in [0.05, 0.1) is 29.3 Å². The summed E-state index contributed by atoms with van der Waals surface area (Å²) in [7, 11) is -1.35. The minimum atomic E-state index is -1.35. The Kier molecular flexibility index (Phi) is 13.4. The summed E-state index contributed by atoms with van der Waals surface area (Å²) in [6, 6.07) is 6.86. The minimum absolute atomic E-state index is 0.0819. The van der Waals surface area contributed by atoms with Crippen molar-refractivity contribution in [3.8, 4) is 5.75 Å². The van der Waals surface area contributed by atoms with Crippen molar-refractivity contribution in [3.63, 3.8) is 0 Å². The van der Waals surface area contributed by atoms with E-state index in [9.17, 15) is 9.32 Å². The lowest BCUT2D eigenvalue weighted by atomic mass is 10.2. The largest absolute Gasteiger partial charge is 0.457 e. The number of rotatable bonds is 8. The Bertz CT molecular complexity index is 664. The maximum absolute atomic E-state index is 12.4. The average Bonchev–Trinajstić information content (AvgIpc) is 3.11. The molecule has 0 saturated carbocycles. The van der Waals surface area contributed by atoms with E-state index in [1.807, 2.05) is 27.7 Å². The Labute approximate surface area is 178 Å². The minimum Gasteiger partial charge on any atom is -0.457 e. The molecule has 3 atom stereocenters. The smallest absolute Gasteiger partial charge is 0.163 e. The van der Waals surface area contributed by atoms with Crippen molar-refractivity contribution in [2.45, 2.75) is 64.4 Å². The van der Waals surface area contributed by atoms with E-state index in [1.54, 1.807) is 56.3 Å². The van der Waals surface area contributed by atoms with Crippen molar-refractivity contribution >= 4 is 10.8 Å². The van der Waals surface area contributed by atoms with E-state index < -0.39 is 28.8 Å². The lowest BCUT2D eigenvalue weighted by Crippen LogP contribution is -2.34. The molecule has 1 saturated heterocycles. The number of aliphatic hydroxyl groups is 1. The fourth-order valence-corrected chi connectivity index (χ4v) is 3.48. The van der Waals surface area contributed by atoms with Gasteiger partial charge in [-0.2, -0.15) is 0 Å². The second kappa shape index (κ2) is 14.3. The molecule has 5 nitrogen and oxygen atoms in total. The van der Waals surface area contributed by atoms with Crippen LogP contribution in [-0.2, 0) is 20.3 Å². The third-order valence-corrected chi connectivity index (χ3v) is 5.03. The van der Waals surface area contributed by atoms with E-state index in [4.69, 9.17) is 14.2 Å². The van der Waals surface area contributed by atoms with Crippen molar-refractivity contribution in [3.05, 3.63) is 61.4 Å². The van der Waals surface area contributed by atoms with Gasteiger partial charge < -0.3 is 19.3 Å². The number of hydrogen-bond donors (Lipinski definition) is 1. The highest BCUT2D eigenvalue weighted by Gasteiger charge is 2.37. The van der Waals surface area contributed by atoms with Gasteiger partial charge in [-0.15, -0.1) is 0 Å². The molecule has 0 aromatic heterocycles. The van der Waals surface area contributed by atoms with Gasteiger partial charge in [-0.25, -0.2) is 0 Å². The van der Waals surface area contributed by atoms with Crippen LogP contribution in [0.2, 0.25) is 0 Å². The third-order valence-electron chi connectivity index (χ3n) is 3.59. The molecule has 6 heteroatoms. The lowest BCUT2D eigenvalue weighted by molar-refractivity contribution is -0.149. The number of allylic oxidation sites excluding steroid dienone is 3. The zero-order chi connectivity index (χ0) is 22.4. The van der Waals surface area contributed by atoms with Crippen LogP contribution in [0.3, 0.4) is 0 Å². The summed E-state index contributed by atoms with van der Waals surface area (Å²) < 4.78 is 29.1. The molecule has 0 radical (unpaired) electrons. The summed E-state index contributed by atoms with van der Waals surface area (Å²) in [5, 5.41) is 10.2. The van der Waals surface area contributed by atoms with E-state index in [1.165, 1.54) is 0 Å². The summed E-state index contributed by atoms with van der Waals surface area (Å²) >= 11 is 0. The Morgan fingerprint density at radius 1 is 1.28 bits per heavy atom. The summed E-state index contributed by atoms with van der Waals surface area (Å²) in [6.07, 6.45) is 3.55. The van der Waals surface area contributed by atoms with Crippen molar-refractivity contribution in [2.75, 3.05) is 12.4 Å². The molecule has 29 heavy (non-hydrogen) atoms. The highest BCUT2D eigenvalue weighted by atomic mass is 32.2. The average molecular weight is 425 g/mol. The number of ether oxygens (including phenoxy) is 3. The fourth-order valence-electron chi connectivity index (χ4n) is 2.32. The van der Waals surface area contributed by atoms with Crippen LogP contribution in [0.1, 0.15) is 41.5 Å². The molecule has 0 aliphatic carbocycles. The van der Waals surface area contributed by atoms with Gasteiger partial charge in [0.2, 0.25) is 0 Å². The highest BCUT2D eigenvalue weighted by molar-refractivity contribution is 7.85. The molecule has 2 rings (SSSR count). The molecule has 164 valence electrons. The molecule has 1 aromatic rings. The van der Waals surface area contributed by atoms with Crippen molar-refractivity contribution in [2.24, 2.45) is 0 Å². The summed E-state index contributed by atoms with van der Waals surface area (Å²) in [6.45, 7) is 19.1. The molecule has 0 bridgehead atoms. The Morgan fingerprint density at radius 2 is 1.86 bits per heavy atom. The van der Waals surface area contributed by atoms with Crippen molar-refractivity contribution in [1.29, 1.82) is 0 Å². The summed E-state index contributed by atoms with van der Waals surface area (Å²) in [5.41, 5.74) is 0.